The summed E-state index contributed by atoms with van der Waals surface area (Å²) in [4.78, 5) is 10.3. The van der Waals surface area contributed by atoms with Crippen LogP contribution in [0.4, 0.5) is 18.9 Å². The first-order valence-corrected chi connectivity index (χ1v) is 4.86. The minimum absolute atomic E-state index is 0.0725. The molecule has 0 fully saturated rings. The fraction of sp³-hybridized carbons (Fsp3) is 0.364. The van der Waals surface area contributed by atoms with Crippen LogP contribution in [0.5, 0.6) is 0 Å². The fourth-order valence-electron chi connectivity index (χ4n) is 1.31. The van der Waals surface area contributed by atoms with Crippen LogP contribution < -0.4 is 11.1 Å². The van der Waals surface area contributed by atoms with Crippen molar-refractivity contribution >= 4 is 12.1 Å². The number of nitrogens with one attached hydrogen (secondary N) is 1. The van der Waals surface area contributed by atoms with Crippen molar-refractivity contribution in [2.24, 2.45) is 5.73 Å². The predicted molar refractivity (Wildman–Crippen MR) is 58.3 cm³/mol. The fourth-order valence-corrected chi connectivity index (χ4v) is 1.31. The number of rotatable bonds is 3. The van der Waals surface area contributed by atoms with Crippen LogP contribution >= 0.6 is 0 Å². The lowest BCUT2D eigenvalue weighted by Crippen LogP contribution is -2.29. The van der Waals surface area contributed by atoms with Crippen LogP contribution in [0.25, 0.3) is 0 Å². The van der Waals surface area contributed by atoms with Crippen LogP contribution in [0, 0.1) is 0 Å². The van der Waals surface area contributed by atoms with Gasteiger partial charge in [0.05, 0.1) is 5.56 Å². The van der Waals surface area contributed by atoms with E-state index in [1.807, 2.05) is 0 Å². The molecule has 1 rings (SSSR count). The highest BCUT2D eigenvalue weighted by Crippen LogP contribution is 2.33. The molecule has 0 aliphatic carbocycles. The number of alkyl halides is 3. The van der Waals surface area contributed by atoms with Gasteiger partial charge in [0.2, 0.25) is 6.41 Å². The average Bonchev–Trinajstić information content (AvgIpc) is 2.15. The highest BCUT2D eigenvalue weighted by molar-refractivity contribution is 5.72. The number of benzene rings is 1. The third-order valence-electron chi connectivity index (χ3n) is 2.23. The van der Waals surface area contributed by atoms with Gasteiger partial charge in [-0.05, 0) is 37.6 Å². The van der Waals surface area contributed by atoms with E-state index in [0.717, 1.165) is 12.1 Å². The first-order chi connectivity index (χ1) is 7.64. The molecule has 3 nitrogen and oxygen atoms in total. The summed E-state index contributed by atoms with van der Waals surface area (Å²) in [7, 11) is 0. The summed E-state index contributed by atoms with van der Waals surface area (Å²) in [6.45, 7) is 3.18. The van der Waals surface area contributed by atoms with E-state index in [1.54, 1.807) is 13.8 Å². The van der Waals surface area contributed by atoms with Gasteiger partial charge in [-0.1, -0.05) is 0 Å². The second-order valence-corrected chi connectivity index (χ2v) is 4.28. The zero-order valence-corrected chi connectivity index (χ0v) is 9.43. The quantitative estimate of drug-likeness (QED) is 0.805. The third kappa shape index (κ3) is 3.45. The molecule has 1 aromatic carbocycles. The Balaban J connectivity index is 3.34. The molecule has 0 radical (unpaired) electrons. The first kappa shape index (κ1) is 13.5. The van der Waals surface area contributed by atoms with Crippen molar-refractivity contribution in [3.05, 3.63) is 29.3 Å². The Morgan fingerprint density at radius 3 is 2.12 bits per heavy atom. The molecule has 0 heterocycles. The third-order valence-corrected chi connectivity index (χ3v) is 2.23. The molecule has 17 heavy (non-hydrogen) atoms. The Morgan fingerprint density at radius 1 is 1.18 bits per heavy atom. The molecule has 0 bridgehead atoms. The number of nitrogens with two attached hydrogens (primary N) is 1. The summed E-state index contributed by atoms with van der Waals surface area (Å²) in [5, 5.41) is 2.20. The Hall–Kier alpha value is -1.56. The van der Waals surface area contributed by atoms with Crippen LogP contribution in [0.2, 0.25) is 0 Å². The average molecular weight is 246 g/mol. The van der Waals surface area contributed by atoms with E-state index in [0.29, 0.717) is 12.0 Å². The lowest BCUT2D eigenvalue weighted by Gasteiger charge is -2.21. The van der Waals surface area contributed by atoms with Crippen molar-refractivity contribution in [1.82, 2.24) is 0 Å². The number of amides is 1. The summed E-state index contributed by atoms with van der Waals surface area (Å²) >= 11 is 0. The second kappa shape index (κ2) is 4.37. The minimum Gasteiger partial charge on any atom is -0.329 e. The Bertz CT molecular complexity index is 389. The van der Waals surface area contributed by atoms with E-state index in [4.69, 9.17) is 5.73 Å². The van der Waals surface area contributed by atoms with Gasteiger partial charge in [0.25, 0.3) is 0 Å². The summed E-state index contributed by atoms with van der Waals surface area (Å²) in [5.41, 5.74) is 4.37. The normalized spacial score (nSPS) is 12.4. The van der Waals surface area contributed by atoms with Gasteiger partial charge in [-0.15, -0.1) is 0 Å². The van der Waals surface area contributed by atoms with Gasteiger partial charge in [0, 0.05) is 11.2 Å². The maximum absolute atomic E-state index is 12.6. The molecule has 6 heteroatoms. The highest BCUT2D eigenvalue weighted by Gasteiger charge is 2.32. The van der Waals surface area contributed by atoms with Crippen molar-refractivity contribution < 1.29 is 18.0 Å². The molecule has 3 N–H and O–H groups in total. The van der Waals surface area contributed by atoms with Crippen LogP contribution in [-0.4, -0.2) is 6.41 Å². The van der Waals surface area contributed by atoms with Crippen LogP contribution in [0.3, 0.4) is 0 Å². The van der Waals surface area contributed by atoms with Crippen molar-refractivity contribution in [2.45, 2.75) is 25.6 Å². The van der Waals surface area contributed by atoms with Gasteiger partial charge in [-0.3, -0.25) is 4.79 Å². The maximum atomic E-state index is 12.6. The van der Waals surface area contributed by atoms with E-state index in [9.17, 15) is 18.0 Å². The van der Waals surface area contributed by atoms with Gasteiger partial charge in [-0.2, -0.15) is 13.2 Å². The summed E-state index contributed by atoms with van der Waals surface area (Å²) in [6.07, 6.45) is -4.15. The Labute approximate surface area is 96.8 Å². The topological polar surface area (TPSA) is 55.1 Å². The van der Waals surface area contributed by atoms with E-state index in [1.165, 1.54) is 6.07 Å². The van der Waals surface area contributed by atoms with E-state index in [2.05, 4.69) is 5.32 Å². The number of carbonyl (C=O) groups is 1. The summed E-state index contributed by atoms with van der Waals surface area (Å²) in [5.74, 6) is 0. The predicted octanol–water partition coefficient (Wildman–Crippen LogP) is 2.47. The zero-order valence-electron chi connectivity index (χ0n) is 9.43. The lowest BCUT2D eigenvalue weighted by molar-refractivity contribution is -0.137. The van der Waals surface area contributed by atoms with Crippen LogP contribution in [-0.2, 0) is 16.5 Å². The SMILES string of the molecule is CC(C)(N)c1cc(NC=O)cc(C(F)(F)F)c1. The number of hydrogen-bond acceptors (Lipinski definition) is 2. The molecule has 0 spiro atoms. The van der Waals surface area contributed by atoms with Crippen molar-refractivity contribution in [1.29, 1.82) is 0 Å². The summed E-state index contributed by atoms with van der Waals surface area (Å²) in [6, 6.07) is 3.27. The maximum Gasteiger partial charge on any atom is 0.416 e. The summed E-state index contributed by atoms with van der Waals surface area (Å²) < 4.78 is 37.9. The number of carbonyl (C=O) groups excluding carboxylic acids is 1. The van der Waals surface area contributed by atoms with Crippen LogP contribution in [0.1, 0.15) is 25.0 Å². The van der Waals surface area contributed by atoms with Crippen LogP contribution in [0.15, 0.2) is 18.2 Å². The van der Waals surface area contributed by atoms with Gasteiger partial charge in [0.1, 0.15) is 0 Å². The van der Waals surface area contributed by atoms with Crippen molar-refractivity contribution in [2.75, 3.05) is 5.32 Å². The molecular formula is C11H13F3N2O. The largest absolute Gasteiger partial charge is 0.416 e. The Morgan fingerprint density at radius 2 is 1.71 bits per heavy atom. The molecule has 1 aromatic rings. The van der Waals surface area contributed by atoms with Gasteiger partial charge in [0.15, 0.2) is 0 Å². The molecule has 94 valence electrons. The minimum atomic E-state index is -4.47. The smallest absolute Gasteiger partial charge is 0.329 e. The number of hydrogen-bond donors (Lipinski definition) is 2. The number of halogens is 3. The monoisotopic (exact) mass is 246 g/mol. The van der Waals surface area contributed by atoms with Gasteiger partial charge in [-0.25, -0.2) is 0 Å². The van der Waals surface area contributed by atoms with E-state index < -0.39 is 17.3 Å². The van der Waals surface area contributed by atoms with E-state index in [-0.39, 0.29) is 5.69 Å². The van der Waals surface area contributed by atoms with Gasteiger partial charge >= 0.3 is 6.18 Å². The Kier molecular flexibility index (Phi) is 3.47. The first-order valence-electron chi connectivity index (χ1n) is 4.86. The molecular weight excluding hydrogens is 233 g/mol. The van der Waals surface area contributed by atoms with E-state index >= 15 is 0 Å². The lowest BCUT2D eigenvalue weighted by atomic mass is 9.93. The highest BCUT2D eigenvalue weighted by atomic mass is 19.4. The molecule has 0 saturated carbocycles. The molecule has 0 unspecified atom stereocenters. The molecule has 0 saturated heterocycles. The zero-order chi connectivity index (χ0) is 13.3. The molecule has 1 amide bonds. The molecule has 0 aromatic heterocycles. The van der Waals surface area contributed by atoms with Crippen molar-refractivity contribution in [3.8, 4) is 0 Å². The second-order valence-electron chi connectivity index (χ2n) is 4.28. The molecule has 0 aliphatic rings. The van der Waals surface area contributed by atoms with Gasteiger partial charge < -0.3 is 11.1 Å². The number of anilines is 1. The molecule has 0 atom stereocenters. The van der Waals surface area contributed by atoms with Crippen molar-refractivity contribution in [3.63, 3.8) is 0 Å². The standard InChI is InChI=1S/C11H13F3N2O/c1-10(2,15)7-3-8(11(12,13)14)5-9(4-7)16-6-17/h3-6H,15H2,1-2H3,(H,16,17). The molecule has 0 aliphatic heterocycles.